The second kappa shape index (κ2) is 11.1. The first-order valence-corrected chi connectivity index (χ1v) is 10.9. The first-order chi connectivity index (χ1) is 15.4. The van der Waals surface area contributed by atoms with Gasteiger partial charge in [-0.25, -0.2) is 4.39 Å². The van der Waals surface area contributed by atoms with E-state index in [0.717, 1.165) is 5.56 Å². The molecular formula is C25H23Cl2FN2O2. The third kappa shape index (κ3) is 6.09. The maximum Gasteiger partial charge on any atom is 0.242 e. The Morgan fingerprint density at radius 1 is 0.969 bits per heavy atom. The molecule has 7 heteroatoms. The number of nitrogens with one attached hydrogen (secondary N) is 1. The Labute approximate surface area is 197 Å². The van der Waals surface area contributed by atoms with Crippen LogP contribution in [-0.2, 0) is 29.0 Å². The highest BCUT2D eigenvalue weighted by molar-refractivity contribution is 6.35. The molecule has 0 fully saturated rings. The summed E-state index contributed by atoms with van der Waals surface area (Å²) in [7, 11) is 1.52. The molecular weight excluding hydrogens is 450 g/mol. The number of likely N-dealkylation sites (N-methyl/N-ethyl adjacent to an activating group) is 1. The minimum absolute atomic E-state index is 0.0489. The Hall–Kier alpha value is -2.89. The van der Waals surface area contributed by atoms with Crippen molar-refractivity contribution in [3.05, 3.63) is 105 Å². The van der Waals surface area contributed by atoms with Crippen molar-refractivity contribution in [3.8, 4) is 0 Å². The average molecular weight is 473 g/mol. The molecule has 0 aliphatic carbocycles. The summed E-state index contributed by atoms with van der Waals surface area (Å²) in [5.41, 5.74) is 1.79. The van der Waals surface area contributed by atoms with E-state index in [-0.39, 0.29) is 31.2 Å². The fourth-order valence-electron chi connectivity index (χ4n) is 3.46. The van der Waals surface area contributed by atoms with Gasteiger partial charge in [-0.1, -0.05) is 77.8 Å². The minimum Gasteiger partial charge on any atom is -0.357 e. The standard InChI is InChI=1S/C25H23Cl2FN2O2/c1-29-25(32)23(13-17-7-3-2-4-8-17)30(16-19-9-5-6-10-22(19)28)24(31)14-18-11-12-20(26)15-21(18)27/h2-12,15,23H,13-14,16H2,1H3,(H,29,32)/t23-/m0/s1. The van der Waals surface area contributed by atoms with Crippen LogP contribution in [0.5, 0.6) is 0 Å². The summed E-state index contributed by atoms with van der Waals surface area (Å²) < 4.78 is 14.4. The van der Waals surface area contributed by atoms with Gasteiger partial charge in [0.25, 0.3) is 0 Å². The Kier molecular flexibility index (Phi) is 8.26. The fraction of sp³-hybridized carbons (Fsp3) is 0.200. The second-order valence-corrected chi connectivity index (χ2v) is 8.19. The summed E-state index contributed by atoms with van der Waals surface area (Å²) in [5.74, 6) is -1.12. The van der Waals surface area contributed by atoms with Gasteiger partial charge in [-0.05, 0) is 29.3 Å². The van der Waals surface area contributed by atoms with E-state index in [2.05, 4.69) is 5.32 Å². The van der Waals surface area contributed by atoms with Gasteiger partial charge < -0.3 is 10.2 Å². The van der Waals surface area contributed by atoms with Gasteiger partial charge in [0.2, 0.25) is 11.8 Å². The summed E-state index contributed by atoms with van der Waals surface area (Å²) in [5, 5.41) is 3.45. The van der Waals surface area contributed by atoms with E-state index in [1.807, 2.05) is 30.3 Å². The highest BCUT2D eigenvalue weighted by Gasteiger charge is 2.30. The molecule has 3 aromatic rings. The summed E-state index contributed by atoms with van der Waals surface area (Å²) in [6.07, 6.45) is 0.238. The molecule has 2 amide bonds. The number of hydrogen-bond donors (Lipinski definition) is 1. The molecule has 4 nitrogen and oxygen atoms in total. The molecule has 0 aromatic heterocycles. The smallest absolute Gasteiger partial charge is 0.242 e. The monoisotopic (exact) mass is 472 g/mol. The number of rotatable bonds is 8. The summed E-state index contributed by atoms with van der Waals surface area (Å²) in [6, 6.07) is 19.7. The fourth-order valence-corrected chi connectivity index (χ4v) is 3.94. The third-order valence-electron chi connectivity index (χ3n) is 5.17. The van der Waals surface area contributed by atoms with Crippen LogP contribution in [0.2, 0.25) is 10.0 Å². The van der Waals surface area contributed by atoms with Gasteiger partial charge in [0.05, 0.1) is 6.42 Å². The van der Waals surface area contributed by atoms with Gasteiger partial charge >= 0.3 is 0 Å². The molecule has 0 saturated carbocycles. The maximum absolute atomic E-state index is 14.4. The summed E-state index contributed by atoms with van der Waals surface area (Å²) in [6.45, 7) is -0.0539. The minimum atomic E-state index is -0.833. The average Bonchev–Trinajstić information content (AvgIpc) is 2.79. The number of amides is 2. The highest BCUT2D eigenvalue weighted by Crippen LogP contribution is 2.23. The second-order valence-electron chi connectivity index (χ2n) is 7.35. The molecule has 3 aromatic carbocycles. The molecule has 32 heavy (non-hydrogen) atoms. The number of nitrogens with zero attached hydrogens (tertiary/aromatic N) is 1. The van der Waals surface area contributed by atoms with Crippen molar-refractivity contribution in [1.82, 2.24) is 10.2 Å². The molecule has 0 bridgehead atoms. The van der Waals surface area contributed by atoms with Crippen molar-refractivity contribution in [3.63, 3.8) is 0 Å². The van der Waals surface area contributed by atoms with E-state index < -0.39 is 11.9 Å². The van der Waals surface area contributed by atoms with Crippen molar-refractivity contribution in [1.29, 1.82) is 0 Å². The van der Waals surface area contributed by atoms with Gasteiger partial charge in [0, 0.05) is 35.6 Å². The number of carbonyl (C=O) groups is 2. The zero-order valence-electron chi connectivity index (χ0n) is 17.5. The molecule has 0 radical (unpaired) electrons. The number of halogens is 3. The highest BCUT2D eigenvalue weighted by atomic mass is 35.5. The normalized spacial score (nSPS) is 11.6. The quantitative estimate of drug-likeness (QED) is 0.497. The molecule has 0 aliphatic rings. The van der Waals surface area contributed by atoms with E-state index in [4.69, 9.17) is 23.2 Å². The summed E-state index contributed by atoms with van der Waals surface area (Å²) >= 11 is 12.2. The van der Waals surface area contributed by atoms with Crippen molar-refractivity contribution in [2.24, 2.45) is 0 Å². The maximum atomic E-state index is 14.4. The topological polar surface area (TPSA) is 49.4 Å². The first kappa shape index (κ1) is 23.8. The Bertz CT molecular complexity index is 1090. The lowest BCUT2D eigenvalue weighted by Gasteiger charge is -2.31. The van der Waals surface area contributed by atoms with Gasteiger partial charge in [-0.2, -0.15) is 0 Å². The molecule has 1 atom stereocenters. The van der Waals surface area contributed by atoms with Crippen LogP contribution in [0.3, 0.4) is 0 Å². The third-order valence-corrected chi connectivity index (χ3v) is 5.76. The molecule has 0 aliphatic heterocycles. The molecule has 0 heterocycles. The van der Waals surface area contributed by atoms with Crippen LogP contribution in [0.15, 0.2) is 72.8 Å². The van der Waals surface area contributed by atoms with E-state index in [1.54, 1.807) is 36.4 Å². The SMILES string of the molecule is CNC(=O)[C@H](Cc1ccccc1)N(Cc1ccccc1F)C(=O)Cc1ccc(Cl)cc1Cl. The lowest BCUT2D eigenvalue weighted by atomic mass is 10.0. The number of hydrogen-bond acceptors (Lipinski definition) is 2. The molecule has 0 spiro atoms. The van der Waals surface area contributed by atoms with E-state index in [9.17, 15) is 14.0 Å². The van der Waals surface area contributed by atoms with Crippen molar-refractivity contribution in [2.45, 2.75) is 25.4 Å². The Balaban J connectivity index is 1.97. The molecule has 166 valence electrons. The molecule has 0 unspecified atom stereocenters. The predicted molar refractivity (Wildman–Crippen MR) is 125 cm³/mol. The van der Waals surface area contributed by atoms with Gasteiger partial charge in [-0.3, -0.25) is 9.59 Å². The Morgan fingerprint density at radius 3 is 2.31 bits per heavy atom. The first-order valence-electron chi connectivity index (χ1n) is 10.1. The van der Waals surface area contributed by atoms with Crippen molar-refractivity contribution < 1.29 is 14.0 Å². The lowest BCUT2D eigenvalue weighted by molar-refractivity contribution is -0.140. The number of benzene rings is 3. The van der Waals surface area contributed by atoms with Crippen molar-refractivity contribution >= 4 is 35.0 Å². The molecule has 1 N–H and O–H groups in total. The zero-order chi connectivity index (χ0) is 23.1. The van der Waals surface area contributed by atoms with Gasteiger partial charge in [-0.15, -0.1) is 0 Å². The van der Waals surface area contributed by atoms with E-state index in [0.29, 0.717) is 21.2 Å². The van der Waals surface area contributed by atoms with Crippen LogP contribution in [-0.4, -0.2) is 29.8 Å². The van der Waals surface area contributed by atoms with Crippen LogP contribution in [0, 0.1) is 5.82 Å². The van der Waals surface area contributed by atoms with Crippen LogP contribution >= 0.6 is 23.2 Å². The Morgan fingerprint density at radius 2 is 1.66 bits per heavy atom. The van der Waals surface area contributed by atoms with Gasteiger partial charge in [0.1, 0.15) is 11.9 Å². The van der Waals surface area contributed by atoms with E-state index in [1.165, 1.54) is 18.0 Å². The lowest BCUT2D eigenvalue weighted by Crippen LogP contribution is -2.50. The van der Waals surface area contributed by atoms with Crippen LogP contribution in [0.25, 0.3) is 0 Å². The number of carbonyl (C=O) groups excluding carboxylic acids is 2. The van der Waals surface area contributed by atoms with Crippen LogP contribution < -0.4 is 5.32 Å². The van der Waals surface area contributed by atoms with Crippen molar-refractivity contribution in [2.75, 3.05) is 7.05 Å². The van der Waals surface area contributed by atoms with E-state index >= 15 is 0 Å². The van der Waals surface area contributed by atoms with Crippen LogP contribution in [0.4, 0.5) is 4.39 Å². The molecule has 3 rings (SSSR count). The molecule has 0 saturated heterocycles. The van der Waals surface area contributed by atoms with Gasteiger partial charge in [0.15, 0.2) is 0 Å². The van der Waals surface area contributed by atoms with Crippen LogP contribution in [0.1, 0.15) is 16.7 Å². The predicted octanol–water partition coefficient (Wildman–Crippen LogP) is 5.06. The largest absolute Gasteiger partial charge is 0.357 e. The summed E-state index contributed by atoms with van der Waals surface area (Å²) in [4.78, 5) is 27.7. The zero-order valence-corrected chi connectivity index (χ0v) is 19.0.